The molecule has 0 fully saturated rings. The zero-order valence-corrected chi connectivity index (χ0v) is 7.10. The first-order valence-electron chi connectivity index (χ1n) is 3.26. The van der Waals surface area contributed by atoms with Crippen molar-refractivity contribution >= 4 is 6.08 Å². The van der Waals surface area contributed by atoms with Crippen LogP contribution in [-0.2, 0) is 6.18 Å². The van der Waals surface area contributed by atoms with Gasteiger partial charge >= 0.3 is 25.0 Å². The Bertz CT molecular complexity index is 274. The molecule has 0 aliphatic carbocycles. The van der Waals surface area contributed by atoms with Crippen LogP contribution in [0.1, 0.15) is 11.1 Å². The number of halogens is 3. The Labute approximate surface area is 86.6 Å². The van der Waals surface area contributed by atoms with E-state index in [-0.39, 0.29) is 18.9 Å². The number of rotatable bonds is 1. The van der Waals surface area contributed by atoms with E-state index in [9.17, 15) is 13.2 Å². The van der Waals surface area contributed by atoms with Gasteiger partial charge in [-0.2, -0.15) is 18.7 Å². The van der Waals surface area contributed by atoms with Crippen molar-refractivity contribution < 1.29 is 32.0 Å². The topological polar surface area (TPSA) is 0 Å². The van der Waals surface area contributed by atoms with E-state index in [1.54, 1.807) is 0 Å². The molecule has 0 saturated carbocycles. The van der Waals surface area contributed by atoms with Crippen molar-refractivity contribution in [3.05, 3.63) is 42.0 Å². The van der Waals surface area contributed by atoms with Gasteiger partial charge in [-0.3, -0.25) is 6.58 Å². The number of benzene rings is 1. The predicted octanol–water partition coefficient (Wildman–Crippen LogP) is 0.156. The van der Waals surface area contributed by atoms with E-state index < -0.39 is 11.7 Å². The van der Waals surface area contributed by atoms with Crippen LogP contribution in [0.4, 0.5) is 13.2 Å². The number of hydrogen-bond donors (Lipinski definition) is 0. The van der Waals surface area contributed by atoms with Gasteiger partial charge in [-0.25, -0.2) is 6.08 Å². The van der Waals surface area contributed by atoms with E-state index >= 15 is 0 Å². The molecule has 13 heavy (non-hydrogen) atoms. The molecule has 0 heterocycles. The molecule has 1 rings (SSSR count). The van der Waals surface area contributed by atoms with Gasteiger partial charge in [0.05, 0.1) is 5.56 Å². The van der Waals surface area contributed by atoms with Crippen LogP contribution in [0.25, 0.3) is 6.08 Å². The van der Waals surface area contributed by atoms with Crippen molar-refractivity contribution in [2.75, 3.05) is 0 Å². The van der Waals surface area contributed by atoms with E-state index in [1.165, 1.54) is 18.2 Å². The monoisotopic (exact) mass is 178 g/mol. The summed E-state index contributed by atoms with van der Waals surface area (Å²) in [4.78, 5) is 0. The van der Waals surface area contributed by atoms with Gasteiger partial charge in [-0.15, -0.1) is 12.1 Å². The first-order valence-corrected chi connectivity index (χ1v) is 3.26. The maximum atomic E-state index is 12.0. The molecule has 0 aliphatic rings. The molecule has 0 spiro atoms. The maximum Gasteiger partial charge on any atom is 1.00 e. The van der Waals surface area contributed by atoms with Crippen LogP contribution in [0.2, 0.25) is 0 Å². The second kappa shape index (κ2) is 4.55. The number of hydrogen-bond acceptors (Lipinski definition) is 0. The van der Waals surface area contributed by atoms with E-state index in [4.69, 9.17) is 6.58 Å². The summed E-state index contributed by atoms with van der Waals surface area (Å²) < 4.78 is 35.9. The predicted molar refractivity (Wildman–Crippen MR) is 40.2 cm³/mol. The Balaban J connectivity index is 0.00000144. The minimum atomic E-state index is -4.27. The molecule has 0 amide bonds. The SMILES string of the molecule is [CH-]=Cc1ccc(C(F)(F)F)cc1.[Li+]. The van der Waals surface area contributed by atoms with Crippen LogP contribution < -0.4 is 18.9 Å². The molecule has 0 nitrogen and oxygen atoms in total. The third-order valence-corrected chi connectivity index (χ3v) is 1.43. The summed E-state index contributed by atoms with van der Waals surface area (Å²) in [6.45, 7) is 5.10. The third kappa shape index (κ3) is 3.29. The van der Waals surface area contributed by atoms with Crippen molar-refractivity contribution in [1.29, 1.82) is 0 Å². The molecule has 64 valence electrons. The average molecular weight is 178 g/mol. The number of alkyl halides is 3. The molecule has 0 atom stereocenters. The Morgan fingerprint density at radius 3 is 1.85 bits per heavy atom. The fraction of sp³-hybridized carbons (Fsp3) is 0.111. The molecular weight excluding hydrogens is 172 g/mol. The zero-order chi connectivity index (χ0) is 9.19. The quantitative estimate of drug-likeness (QED) is 0.424. The van der Waals surface area contributed by atoms with Gasteiger partial charge in [0.25, 0.3) is 0 Å². The van der Waals surface area contributed by atoms with Gasteiger partial charge < -0.3 is 0 Å². The van der Waals surface area contributed by atoms with Crippen molar-refractivity contribution in [2.24, 2.45) is 0 Å². The standard InChI is InChI=1S/C9H6F3.Li/c1-2-7-3-5-8(6-4-7)9(10,11)12;/h1-6H;/q-1;+1. The maximum absolute atomic E-state index is 12.0. The van der Waals surface area contributed by atoms with Crippen LogP contribution >= 0.6 is 0 Å². The summed E-state index contributed by atoms with van der Waals surface area (Å²) in [6, 6.07) is 4.64. The van der Waals surface area contributed by atoms with Gasteiger partial charge in [0.2, 0.25) is 0 Å². The summed E-state index contributed by atoms with van der Waals surface area (Å²) in [5.74, 6) is 0. The molecule has 1 aromatic rings. The smallest absolute Gasteiger partial charge is 0.292 e. The first-order chi connectivity index (χ1) is 5.54. The molecule has 0 saturated heterocycles. The molecule has 0 N–H and O–H groups in total. The van der Waals surface area contributed by atoms with E-state index in [2.05, 4.69) is 0 Å². The second-order valence-corrected chi connectivity index (χ2v) is 2.29. The Kier molecular flexibility index (Phi) is 4.32. The van der Waals surface area contributed by atoms with Crippen molar-refractivity contribution in [1.82, 2.24) is 0 Å². The summed E-state index contributed by atoms with van der Waals surface area (Å²) in [5, 5.41) is 0. The van der Waals surface area contributed by atoms with Crippen LogP contribution in [0.3, 0.4) is 0 Å². The summed E-state index contributed by atoms with van der Waals surface area (Å²) >= 11 is 0. The molecule has 0 unspecified atom stereocenters. The van der Waals surface area contributed by atoms with Crippen LogP contribution in [0, 0.1) is 6.58 Å². The third-order valence-electron chi connectivity index (χ3n) is 1.43. The van der Waals surface area contributed by atoms with Crippen molar-refractivity contribution in [3.63, 3.8) is 0 Å². The van der Waals surface area contributed by atoms with E-state index in [1.807, 2.05) is 0 Å². The Morgan fingerprint density at radius 1 is 1.08 bits per heavy atom. The first kappa shape index (κ1) is 12.3. The zero-order valence-electron chi connectivity index (χ0n) is 7.10. The van der Waals surface area contributed by atoms with Gasteiger partial charge in [0, 0.05) is 0 Å². The van der Waals surface area contributed by atoms with Crippen molar-refractivity contribution in [3.8, 4) is 0 Å². The van der Waals surface area contributed by atoms with E-state index in [0.717, 1.165) is 12.1 Å². The minimum absolute atomic E-state index is 0. The fourth-order valence-electron chi connectivity index (χ4n) is 0.783. The normalized spacial score (nSPS) is 10.4. The molecular formula is C9H6F3Li. The molecule has 0 bridgehead atoms. The summed E-state index contributed by atoms with van der Waals surface area (Å²) in [7, 11) is 0. The Morgan fingerprint density at radius 2 is 1.54 bits per heavy atom. The Hall–Kier alpha value is -0.653. The van der Waals surface area contributed by atoms with Gasteiger partial charge in [-0.1, -0.05) is 12.1 Å². The van der Waals surface area contributed by atoms with Gasteiger partial charge in [0.1, 0.15) is 0 Å². The summed E-state index contributed by atoms with van der Waals surface area (Å²) in [5.41, 5.74) is -0.0869. The van der Waals surface area contributed by atoms with E-state index in [0.29, 0.717) is 5.56 Å². The molecule has 0 aliphatic heterocycles. The second-order valence-electron chi connectivity index (χ2n) is 2.29. The molecule has 0 aromatic heterocycles. The summed E-state index contributed by atoms with van der Waals surface area (Å²) in [6.07, 6.45) is -3.02. The van der Waals surface area contributed by atoms with Crippen LogP contribution in [0.5, 0.6) is 0 Å². The van der Waals surface area contributed by atoms with Crippen LogP contribution in [0.15, 0.2) is 24.3 Å². The minimum Gasteiger partial charge on any atom is -0.292 e. The average Bonchev–Trinajstić information content (AvgIpc) is 2.03. The fourth-order valence-corrected chi connectivity index (χ4v) is 0.783. The van der Waals surface area contributed by atoms with Crippen LogP contribution in [-0.4, -0.2) is 0 Å². The molecule has 4 heteroatoms. The van der Waals surface area contributed by atoms with Gasteiger partial charge in [-0.05, 0) is 0 Å². The molecule has 1 aromatic carbocycles. The largest absolute Gasteiger partial charge is 1.00 e. The van der Waals surface area contributed by atoms with Gasteiger partial charge in [0.15, 0.2) is 0 Å². The molecule has 0 radical (unpaired) electrons. The van der Waals surface area contributed by atoms with Crippen molar-refractivity contribution in [2.45, 2.75) is 6.18 Å².